The SMILES string of the molecule is COCC1(C#N)C(c2ccc(OC)cc2)C1S(=O)(=O)c1ccc(C)cc1. The lowest BCUT2D eigenvalue weighted by Gasteiger charge is -2.08. The van der Waals surface area contributed by atoms with Crippen molar-refractivity contribution in [1.29, 1.82) is 5.26 Å². The van der Waals surface area contributed by atoms with Gasteiger partial charge in [0.25, 0.3) is 0 Å². The summed E-state index contributed by atoms with van der Waals surface area (Å²) in [5, 5.41) is 8.99. The predicted molar refractivity (Wildman–Crippen MR) is 97.8 cm³/mol. The average molecular weight is 371 g/mol. The predicted octanol–water partition coefficient (Wildman–Crippen LogP) is 3.10. The maximum Gasteiger partial charge on any atom is 0.183 e. The third-order valence-electron chi connectivity index (χ3n) is 5.01. The summed E-state index contributed by atoms with van der Waals surface area (Å²) in [4.78, 5) is 0.236. The molecule has 0 aliphatic heterocycles. The van der Waals surface area contributed by atoms with E-state index in [1.165, 1.54) is 7.11 Å². The quantitative estimate of drug-likeness (QED) is 0.780. The van der Waals surface area contributed by atoms with E-state index in [2.05, 4.69) is 6.07 Å². The minimum absolute atomic E-state index is 0.0654. The first-order valence-corrected chi connectivity index (χ1v) is 9.80. The molecule has 1 fully saturated rings. The van der Waals surface area contributed by atoms with Crippen molar-refractivity contribution in [3.63, 3.8) is 0 Å². The highest BCUT2D eigenvalue weighted by Crippen LogP contribution is 2.63. The van der Waals surface area contributed by atoms with Gasteiger partial charge in [-0.05, 0) is 36.8 Å². The van der Waals surface area contributed by atoms with Crippen molar-refractivity contribution in [3.8, 4) is 11.8 Å². The topological polar surface area (TPSA) is 76.4 Å². The fourth-order valence-corrected chi connectivity index (χ4v) is 5.90. The van der Waals surface area contributed by atoms with Crippen molar-refractivity contribution in [3.05, 3.63) is 59.7 Å². The van der Waals surface area contributed by atoms with Gasteiger partial charge in [-0.25, -0.2) is 8.42 Å². The van der Waals surface area contributed by atoms with Crippen molar-refractivity contribution in [2.75, 3.05) is 20.8 Å². The summed E-state index contributed by atoms with van der Waals surface area (Å²) >= 11 is 0. The Morgan fingerprint density at radius 1 is 1.08 bits per heavy atom. The summed E-state index contributed by atoms with van der Waals surface area (Å²) in [5.41, 5.74) is 0.688. The van der Waals surface area contributed by atoms with Gasteiger partial charge in [-0.1, -0.05) is 29.8 Å². The third-order valence-corrected chi connectivity index (χ3v) is 7.30. The van der Waals surface area contributed by atoms with Crippen LogP contribution >= 0.6 is 0 Å². The summed E-state index contributed by atoms with van der Waals surface area (Å²) in [6.07, 6.45) is 0. The Labute approximate surface area is 154 Å². The van der Waals surface area contributed by atoms with Crippen LogP contribution in [0.1, 0.15) is 17.0 Å². The van der Waals surface area contributed by atoms with E-state index in [4.69, 9.17) is 9.47 Å². The van der Waals surface area contributed by atoms with E-state index >= 15 is 0 Å². The summed E-state index contributed by atoms with van der Waals surface area (Å²) in [6.45, 7) is 1.97. The molecule has 0 aromatic heterocycles. The van der Waals surface area contributed by atoms with Gasteiger partial charge in [-0.3, -0.25) is 0 Å². The van der Waals surface area contributed by atoms with Crippen molar-refractivity contribution >= 4 is 9.84 Å². The molecule has 5 nitrogen and oxygen atoms in total. The van der Waals surface area contributed by atoms with E-state index in [1.54, 1.807) is 43.5 Å². The van der Waals surface area contributed by atoms with Crippen LogP contribution in [0.2, 0.25) is 0 Å². The first-order chi connectivity index (χ1) is 12.4. The molecule has 0 radical (unpaired) electrons. The van der Waals surface area contributed by atoms with Crippen LogP contribution in [0.25, 0.3) is 0 Å². The van der Waals surface area contributed by atoms with Crippen LogP contribution < -0.4 is 4.74 Å². The van der Waals surface area contributed by atoms with Gasteiger partial charge >= 0.3 is 0 Å². The number of benzene rings is 2. The molecule has 0 amide bonds. The number of methoxy groups -OCH3 is 2. The Hall–Kier alpha value is -2.36. The van der Waals surface area contributed by atoms with E-state index < -0.39 is 26.4 Å². The van der Waals surface area contributed by atoms with Crippen LogP contribution in [0.3, 0.4) is 0 Å². The number of nitriles is 1. The lowest BCUT2D eigenvalue weighted by atomic mass is 10.0. The largest absolute Gasteiger partial charge is 0.497 e. The van der Waals surface area contributed by atoms with E-state index in [1.807, 2.05) is 19.1 Å². The number of rotatable bonds is 6. The van der Waals surface area contributed by atoms with Gasteiger partial charge in [0, 0.05) is 13.0 Å². The second-order valence-corrected chi connectivity index (χ2v) is 8.68. The van der Waals surface area contributed by atoms with Gasteiger partial charge in [0.15, 0.2) is 9.84 Å². The number of ether oxygens (including phenoxy) is 2. The fraction of sp³-hybridized carbons (Fsp3) is 0.350. The highest BCUT2D eigenvalue weighted by molar-refractivity contribution is 7.92. The zero-order valence-corrected chi connectivity index (χ0v) is 15.8. The van der Waals surface area contributed by atoms with Crippen molar-refractivity contribution in [2.24, 2.45) is 5.41 Å². The standard InChI is InChI=1S/C20H21NO4S/c1-14-4-10-17(11-5-14)26(22,23)19-18(20(19,12-21)13-24-2)15-6-8-16(25-3)9-7-15/h4-11,18-19H,13H2,1-3H3. The second-order valence-electron chi connectivity index (χ2n) is 6.61. The fourth-order valence-electron chi connectivity index (χ4n) is 3.59. The van der Waals surface area contributed by atoms with Crippen LogP contribution in [0, 0.1) is 23.7 Å². The minimum atomic E-state index is -3.67. The molecule has 2 aromatic carbocycles. The number of aryl methyl sites for hydroxylation is 1. The normalized spacial score (nSPS) is 24.7. The lowest BCUT2D eigenvalue weighted by Crippen LogP contribution is -2.19. The van der Waals surface area contributed by atoms with E-state index in [0.29, 0.717) is 5.75 Å². The Balaban J connectivity index is 2.05. The summed E-state index contributed by atoms with van der Waals surface area (Å²) in [7, 11) is -0.616. The Morgan fingerprint density at radius 3 is 2.19 bits per heavy atom. The lowest BCUT2D eigenvalue weighted by molar-refractivity contribution is 0.162. The molecule has 6 heteroatoms. The average Bonchev–Trinajstić information content (AvgIpc) is 3.32. The highest BCUT2D eigenvalue weighted by atomic mass is 32.2. The molecule has 3 atom stereocenters. The molecule has 3 unspecified atom stereocenters. The maximum atomic E-state index is 13.2. The van der Waals surface area contributed by atoms with Crippen molar-refractivity contribution in [1.82, 2.24) is 0 Å². The van der Waals surface area contributed by atoms with Gasteiger partial charge in [0.1, 0.15) is 11.2 Å². The number of hydrogen-bond donors (Lipinski definition) is 0. The first kappa shape index (κ1) is 18.4. The number of nitrogens with zero attached hydrogens (tertiary/aromatic N) is 1. The molecule has 0 N–H and O–H groups in total. The molecule has 1 aliphatic carbocycles. The molecule has 136 valence electrons. The second kappa shape index (κ2) is 6.75. The highest BCUT2D eigenvalue weighted by Gasteiger charge is 2.72. The van der Waals surface area contributed by atoms with Crippen molar-refractivity contribution in [2.45, 2.75) is 23.0 Å². The molecular weight excluding hydrogens is 350 g/mol. The zero-order chi connectivity index (χ0) is 18.9. The van der Waals surface area contributed by atoms with Gasteiger partial charge < -0.3 is 9.47 Å². The van der Waals surface area contributed by atoms with Crippen molar-refractivity contribution < 1.29 is 17.9 Å². The van der Waals surface area contributed by atoms with Crippen LogP contribution in [-0.2, 0) is 14.6 Å². The Bertz CT molecular complexity index is 929. The van der Waals surface area contributed by atoms with Gasteiger partial charge in [-0.15, -0.1) is 0 Å². The van der Waals surface area contributed by atoms with Gasteiger partial charge in [0.05, 0.1) is 29.9 Å². The first-order valence-electron chi connectivity index (χ1n) is 8.25. The number of sulfone groups is 1. The maximum absolute atomic E-state index is 13.2. The molecule has 2 aromatic rings. The number of hydrogen-bond acceptors (Lipinski definition) is 5. The van der Waals surface area contributed by atoms with Crippen LogP contribution in [0.4, 0.5) is 0 Å². The summed E-state index contributed by atoms with van der Waals surface area (Å²) in [6, 6.07) is 16.1. The third kappa shape index (κ3) is 2.87. The van der Waals surface area contributed by atoms with E-state index in [0.717, 1.165) is 11.1 Å². The molecule has 3 rings (SSSR count). The molecule has 26 heavy (non-hydrogen) atoms. The van der Waals surface area contributed by atoms with Crippen LogP contribution in [-0.4, -0.2) is 34.5 Å². The monoisotopic (exact) mass is 371 g/mol. The smallest absolute Gasteiger partial charge is 0.183 e. The van der Waals surface area contributed by atoms with Gasteiger partial charge in [0.2, 0.25) is 0 Å². The summed E-state index contributed by atoms with van der Waals surface area (Å²) < 4.78 is 36.8. The molecular formula is C20H21NO4S. The van der Waals surface area contributed by atoms with E-state index in [-0.39, 0.29) is 11.5 Å². The van der Waals surface area contributed by atoms with Crippen LogP contribution in [0.15, 0.2) is 53.4 Å². The van der Waals surface area contributed by atoms with Gasteiger partial charge in [-0.2, -0.15) is 5.26 Å². The molecule has 0 bridgehead atoms. The zero-order valence-electron chi connectivity index (χ0n) is 15.0. The minimum Gasteiger partial charge on any atom is -0.497 e. The Morgan fingerprint density at radius 2 is 1.69 bits per heavy atom. The van der Waals surface area contributed by atoms with E-state index in [9.17, 15) is 13.7 Å². The molecule has 1 aliphatic rings. The van der Waals surface area contributed by atoms with Crippen LogP contribution in [0.5, 0.6) is 5.75 Å². The molecule has 0 heterocycles. The molecule has 0 spiro atoms. The molecule has 0 saturated heterocycles. The Kier molecular flexibility index (Phi) is 4.78. The molecule has 1 saturated carbocycles. The summed E-state index contributed by atoms with van der Waals surface area (Å²) in [5.74, 6) is 0.242.